The highest BCUT2D eigenvalue weighted by Crippen LogP contribution is 2.56. The Balaban J connectivity index is 1.22. The van der Waals surface area contributed by atoms with E-state index in [0.717, 1.165) is 0 Å². The summed E-state index contributed by atoms with van der Waals surface area (Å²) in [6.45, 7) is 0. The molecule has 0 aliphatic heterocycles. The summed E-state index contributed by atoms with van der Waals surface area (Å²) in [5, 5.41) is 5.11. The standard InChI is InChI=1S/C45H30/c1-2-16-36(17-3-1)45(42-23-10-8-21-40(42)41-22-9-11-24-43(41)45)37-18-12-15-33(30-37)31-25-27-32(28-26-31)44-38-19-6-4-13-34(38)29-35-14-5-7-20-39(35)44/h1-30H. The van der Waals surface area contributed by atoms with Crippen molar-refractivity contribution in [2.75, 3.05) is 0 Å². The van der Waals surface area contributed by atoms with E-state index in [2.05, 4.69) is 182 Å². The van der Waals surface area contributed by atoms with E-state index in [4.69, 9.17) is 0 Å². The fourth-order valence-corrected chi connectivity index (χ4v) is 7.80. The molecule has 0 nitrogen and oxygen atoms in total. The van der Waals surface area contributed by atoms with E-state index in [-0.39, 0.29) is 0 Å². The Kier molecular flexibility index (Phi) is 5.83. The van der Waals surface area contributed by atoms with Gasteiger partial charge in [-0.25, -0.2) is 0 Å². The molecular weight excluding hydrogens is 540 g/mol. The van der Waals surface area contributed by atoms with Gasteiger partial charge in [-0.2, -0.15) is 0 Å². The molecule has 8 aromatic carbocycles. The van der Waals surface area contributed by atoms with Gasteiger partial charge in [-0.3, -0.25) is 0 Å². The molecule has 0 radical (unpaired) electrons. The third-order valence-electron chi connectivity index (χ3n) is 9.73. The van der Waals surface area contributed by atoms with Crippen LogP contribution in [0, 0.1) is 0 Å². The van der Waals surface area contributed by atoms with E-state index in [0.29, 0.717) is 0 Å². The maximum absolute atomic E-state index is 2.41. The van der Waals surface area contributed by atoms with Crippen molar-refractivity contribution in [2.24, 2.45) is 0 Å². The lowest BCUT2D eigenvalue weighted by Crippen LogP contribution is -2.28. The molecule has 8 aromatic rings. The Labute approximate surface area is 263 Å². The van der Waals surface area contributed by atoms with Gasteiger partial charge < -0.3 is 0 Å². The summed E-state index contributed by atoms with van der Waals surface area (Å²) in [7, 11) is 0. The fourth-order valence-electron chi connectivity index (χ4n) is 7.80. The van der Waals surface area contributed by atoms with E-state index in [1.807, 2.05) is 0 Å². The summed E-state index contributed by atoms with van der Waals surface area (Å²) in [6, 6.07) is 67.0. The first-order valence-corrected chi connectivity index (χ1v) is 15.7. The van der Waals surface area contributed by atoms with E-state index in [1.54, 1.807) is 0 Å². The van der Waals surface area contributed by atoms with Crippen molar-refractivity contribution in [3.05, 3.63) is 204 Å². The first-order valence-electron chi connectivity index (χ1n) is 15.7. The summed E-state index contributed by atoms with van der Waals surface area (Å²) in [6.07, 6.45) is 0. The Morgan fingerprint density at radius 3 is 1.47 bits per heavy atom. The molecule has 0 fully saturated rings. The number of rotatable bonds is 4. The fraction of sp³-hybridized carbons (Fsp3) is 0.0222. The van der Waals surface area contributed by atoms with Crippen molar-refractivity contribution in [3.8, 4) is 33.4 Å². The molecule has 0 bridgehead atoms. The average Bonchev–Trinajstić information content (AvgIpc) is 3.42. The van der Waals surface area contributed by atoms with Crippen LogP contribution in [-0.2, 0) is 5.41 Å². The molecule has 0 atom stereocenters. The topological polar surface area (TPSA) is 0 Å². The second kappa shape index (κ2) is 10.2. The predicted molar refractivity (Wildman–Crippen MR) is 190 cm³/mol. The Bertz CT molecular complexity index is 2260. The van der Waals surface area contributed by atoms with Crippen molar-refractivity contribution in [1.82, 2.24) is 0 Å². The summed E-state index contributed by atoms with van der Waals surface area (Å²) >= 11 is 0. The van der Waals surface area contributed by atoms with Crippen LogP contribution >= 0.6 is 0 Å². The summed E-state index contributed by atoms with van der Waals surface area (Å²) in [4.78, 5) is 0. The van der Waals surface area contributed by atoms with Gasteiger partial charge in [0.25, 0.3) is 0 Å². The van der Waals surface area contributed by atoms with Crippen molar-refractivity contribution in [3.63, 3.8) is 0 Å². The second-order valence-electron chi connectivity index (χ2n) is 12.1. The maximum atomic E-state index is 2.41. The normalized spacial score (nSPS) is 13.1. The van der Waals surface area contributed by atoms with Crippen LogP contribution in [-0.4, -0.2) is 0 Å². The summed E-state index contributed by atoms with van der Waals surface area (Å²) in [5.74, 6) is 0. The molecule has 0 unspecified atom stereocenters. The van der Waals surface area contributed by atoms with Gasteiger partial charge in [-0.05, 0) is 89.3 Å². The zero-order valence-corrected chi connectivity index (χ0v) is 24.8. The van der Waals surface area contributed by atoms with Crippen LogP contribution in [0.1, 0.15) is 22.3 Å². The van der Waals surface area contributed by atoms with Crippen molar-refractivity contribution >= 4 is 21.5 Å². The van der Waals surface area contributed by atoms with Crippen molar-refractivity contribution in [1.29, 1.82) is 0 Å². The van der Waals surface area contributed by atoms with Gasteiger partial charge in [-0.15, -0.1) is 0 Å². The van der Waals surface area contributed by atoms with Crippen LogP contribution in [0.3, 0.4) is 0 Å². The molecule has 45 heavy (non-hydrogen) atoms. The van der Waals surface area contributed by atoms with E-state index >= 15 is 0 Å². The molecule has 0 heteroatoms. The van der Waals surface area contributed by atoms with E-state index < -0.39 is 5.41 Å². The first-order chi connectivity index (χ1) is 22.3. The van der Waals surface area contributed by atoms with E-state index in [9.17, 15) is 0 Å². The molecule has 1 aliphatic rings. The third-order valence-corrected chi connectivity index (χ3v) is 9.73. The lowest BCUT2D eigenvalue weighted by molar-refractivity contribution is 0.769. The minimum Gasteiger partial charge on any atom is -0.0622 e. The molecule has 0 aromatic heterocycles. The van der Waals surface area contributed by atoms with Gasteiger partial charge in [0.1, 0.15) is 0 Å². The van der Waals surface area contributed by atoms with Gasteiger partial charge in [0.2, 0.25) is 0 Å². The first kappa shape index (κ1) is 25.7. The van der Waals surface area contributed by atoms with Gasteiger partial charge in [-0.1, -0.05) is 170 Å². The van der Waals surface area contributed by atoms with Gasteiger partial charge >= 0.3 is 0 Å². The molecule has 0 saturated heterocycles. The minimum atomic E-state index is -0.397. The quantitative estimate of drug-likeness (QED) is 0.185. The highest BCUT2D eigenvalue weighted by atomic mass is 14.5. The van der Waals surface area contributed by atoms with Crippen molar-refractivity contribution < 1.29 is 0 Å². The SMILES string of the molecule is c1ccc(C2(c3cccc(-c4ccc(-c5c6ccccc6cc6ccccc56)cc4)c3)c3ccccc3-c3ccccc32)cc1. The third kappa shape index (κ3) is 3.86. The number of benzene rings is 8. The smallest absolute Gasteiger partial charge is 0.0622 e. The van der Waals surface area contributed by atoms with Gasteiger partial charge in [0, 0.05) is 0 Å². The monoisotopic (exact) mass is 570 g/mol. The van der Waals surface area contributed by atoms with Crippen LogP contribution in [0.5, 0.6) is 0 Å². The molecule has 210 valence electrons. The average molecular weight is 571 g/mol. The van der Waals surface area contributed by atoms with Gasteiger partial charge in [0.05, 0.1) is 5.41 Å². The highest BCUT2D eigenvalue weighted by Gasteiger charge is 2.45. The zero-order chi connectivity index (χ0) is 29.8. The van der Waals surface area contributed by atoms with Crippen LogP contribution in [0.2, 0.25) is 0 Å². The van der Waals surface area contributed by atoms with Crippen LogP contribution in [0.25, 0.3) is 54.9 Å². The highest BCUT2D eigenvalue weighted by molar-refractivity contribution is 6.12. The Hall–Kier alpha value is -5.72. The van der Waals surface area contributed by atoms with E-state index in [1.165, 1.54) is 77.2 Å². The Morgan fingerprint density at radius 2 is 0.822 bits per heavy atom. The molecule has 1 aliphatic carbocycles. The molecule has 0 amide bonds. The van der Waals surface area contributed by atoms with Crippen molar-refractivity contribution in [2.45, 2.75) is 5.41 Å². The molecule has 0 spiro atoms. The maximum Gasteiger partial charge on any atom is 0.0713 e. The predicted octanol–water partition coefficient (Wildman–Crippen LogP) is 11.7. The van der Waals surface area contributed by atoms with Crippen LogP contribution < -0.4 is 0 Å². The molecular formula is C45H30. The number of hydrogen-bond donors (Lipinski definition) is 0. The lowest BCUT2D eigenvalue weighted by Gasteiger charge is -2.34. The number of fused-ring (bicyclic) bond motifs is 5. The summed E-state index contributed by atoms with van der Waals surface area (Å²) in [5.41, 5.74) is 12.5. The zero-order valence-electron chi connectivity index (χ0n) is 24.8. The number of hydrogen-bond acceptors (Lipinski definition) is 0. The van der Waals surface area contributed by atoms with Gasteiger partial charge in [0.15, 0.2) is 0 Å². The molecule has 0 N–H and O–H groups in total. The van der Waals surface area contributed by atoms with Crippen LogP contribution in [0.4, 0.5) is 0 Å². The Morgan fingerprint density at radius 1 is 0.311 bits per heavy atom. The second-order valence-corrected chi connectivity index (χ2v) is 12.1. The lowest BCUT2D eigenvalue weighted by atomic mass is 9.67. The largest absolute Gasteiger partial charge is 0.0713 e. The minimum absolute atomic E-state index is 0.397. The molecule has 0 saturated carbocycles. The summed E-state index contributed by atoms with van der Waals surface area (Å²) < 4.78 is 0. The van der Waals surface area contributed by atoms with Crippen LogP contribution in [0.15, 0.2) is 182 Å². The molecule has 0 heterocycles. The molecule has 9 rings (SSSR count).